The molecule has 1 saturated heterocycles. The van der Waals surface area contributed by atoms with Gasteiger partial charge in [-0.2, -0.15) is 0 Å². The number of thioether (sulfide) groups is 1. The predicted octanol–water partition coefficient (Wildman–Crippen LogP) is 4.25. The quantitative estimate of drug-likeness (QED) is 0.813. The van der Waals surface area contributed by atoms with E-state index in [9.17, 15) is 4.79 Å². The maximum atomic E-state index is 13.0. The molecule has 0 aromatic heterocycles. The van der Waals surface area contributed by atoms with Gasteiger partial charge in [-0.05, 0) is 37.7 Å². The number of nitrogens with zero attached hydrogens (tertiary/aromatic N) is 1. The Kier molecular flexibility index (Phi) is 4.84. The number of hydrogen-bond acceptors (Lipinski definition) is 3. The molecule has 4 rings (SSSR count). The van der Waals surface area contributed by atoms with Gasteiger partial charge < -0.3 is 5.32 Å². The smallest absolute Gasteiger partial charge is 0.224 e. The minimum atomic E-state index is 0.0619. The van der Waals surface area contributed by atoms with E-state index in [-0.39, 0.29) is 10.7 Å². The van der Waals surface area contributed by atoms with Crippen LogP contribution in [0.25, 0.3) is 0 Å². The first-order valence-electron chi connectivity index (χ1n) is 9.64. The number of hydrogen-bond donors (Lipinski definition) is 1. The Hall–Kier alpha value is -1.03. The summed E-state index contributed by atoms with van der Waals surface area (Å²) in [4.78, 5) is 17.7. The highest BCUT2D eigenvalue weighted by atomic mass is 32.2. The van der Waals surface area contributed by atoms with Gasteiger partial charge in [0.2, 0.25) is 5.91 Å². The number of aliphatic imine (C=N–C) groups is 1. The molecule has 1 N–H and O–H groups in total. The summed E-state index contributed by atoms with van der Waals surface area (Å²) in [6, 6.07) is 0.401. The van der Waals surface area contributed by atoms with Crippen molar-refractivity contribution in [3.8, 4) is 0 Å². The molecule has 1 spiro atoms. The fourth-order valence-electron chi connectivity index (χ4n) is 4.85. The SMILES string of the molecule is O=C(NC1CCCCCCC1)C1CSC23CC=CC=C2N=CCC13. The average molecular weight is 345 g/mol. The van der Waals surface area contributed by atoms with E-state index >= 15 is 0 Å². The lowest BCUT2D eigenvalue weighted by Gasteiger charge is -2.39. The van der Waals surface area contributed by atoms with Crippen LogP contribution in [0.3, 0.4) is 0 Å². The summed E-state index contributed by atoms with van der Waals surface area (Å²) in [5.74, 6) is 1.79. The fourth-order valence-corrected chi connectivity index (χ4v) is 6.67. The van der Waals surface area contributed by atoms with Gasteiger partial charge in [0.1, 0.15) is 0 Å². The van der Waals surface area contributed by atoms with Crippen LogP contribution >= 0.6 is 11.8 Å². The number of rotatable bonds is 2. The van der Waals surface area contributed by atoms with Crippen LogP contribution < -0.4 is 5.32 Å². The summed E-state index contributed by atoms with van der Waals surface area (Å²) in [6.45, 7) is 0. The van der Waals surface area contributed by atoms with Crippen LogP contribution in [0.15, 0.2) is 28.9 Å². The van der Waals surface area contributed by atoms with Crippen molar-refractivity contribution < 1.29 is 4.79 Å². The van der Waals surface area contributed by atoms with Gasteiger partial charge in [-0.1, -0.05) is 44.3 Å². The highest BCUT2D eigenvalue weighted by molar-refractivity contribution is 8.01. The predicted molar refractivity (Wildman–Crippen MR) is 101 cm³/mol. The van der Waals surface area contributed by atoms with E-state index < -0.39 is 0 Å². The number of amides is 1. The van der Waals surface area contributed by atoms with Crippen molar-refractivity contribution in [1.82, 2.24) is 5.32 Å². The van der Waals surface area contributed by atoms with Crippen LogP contribution in [0.2, 0.25) is 0 Å². The minimum Gasteiger partial charge on any atom is -0.353 e. The summed E-state index contributed by atoms with van der Waals surface area (Å²) in [5, 5.41) is 3.42. The van der Waals surface area contributed by atoms with Crippen molar-refractivity contribution in [2.45, 2.75) is 68.6 Å². The second-order valence-electron chi connectivity index (χ2n) is 7.70. The molecule has 2 fully saturated rings. The first-order chi connectivity index (χ1) is 11.8. The molecule has 2 aliphatic carbocycles. The van der Waals surface area contributed by atoms with Crippen LogP contribution in [-0.4, -0.2) is 28.7 Å². The van der Waals surface area contributed by atoms with E-state index in [4.69, 9.17) is 0 Å². The molecule has 0 bridgehead atoms. The largest absolute Gasteiger partial charge is 0.353 e. The third-order valence-electron chi connectivity index (χ3n) is 6.23. The zero-order valence-electron chi connectivity index (χ0n) is 14.4. The first-order valence-corrected chi connectivity index (χ1v) is 10.6. The Bertz CT molecular complexity index is 574. The zero-order valence-corrected chi connectivity index (χ0v) is 15.2. The molecule has 3 nitrogen and oxygen atoms in total. The van der Waals surface area contributed by atoms with Crippen LogP contribution in [0.1, 0.15) is 57.8 Å². The molecule has 4 aliphatic rings. The van der Waals surface area contributed by atoms with Crippen molar-refractivity contribution in [2.24, 2.45) is 16.8 Å². The molecule has 0 aromatic rings. The van der Waals surface area contributed by atoms with Crippen molar-refractivity contribution in [3.05, 3.63) is 23.9 Å². The number of nitrogens with one attached hydrogen (secondary N) is 1. The van der Waals surface area contributed by atoms with E-state index in [1.807, 2.05) is 18.0 Å². The van der Waals surface area contributed by atoms with Gasteiger partial charge in [-0.25, -0.2) is 0 Å². The maximum Gasteiger partial charge on any atom is 0.224 e. The van der Waals surface area contributed by atoms with Crippen LogP contribution in [0, 0.1) is 11.8 Å². The van der Waals surface area contributed by atoms with E-state index in [1.54, 1.807) is 0 Å². The Labute approximate surface area is 149 Å². The first kappa shape index (κ1) is 16.4. The fraction of sp³-hybridized carbons (Fsp3) is 0.700. The maximum absolute atomic E-state index is 13.0. The molecular formula is C20H28N2OS. The Morgan fingerprint density at radius 2 is 2.00 bits per heavy atom. The van der Waals surface area contributed by atoms with E-state index in [0.717, 1.165) is 31.4 Å². The van der Waals surface area contributed by atoms with E-state index in [0.29, 0.717) is 17.9 Å². The molecule has 3 unspecified atom stereocenters. The molecule has 2 heterocycles. The molecule has 130 valence electrons. The third-order valence-corrected chi connectivity index (χ3v) is 7.95. The van der Waals surface area contributed by atoms with Crippen LogP contribution in [-0.2, 0) is 4.79 Å². The normalized spacial score (nSPS) is 36.2. The highest BCUT2D eigenvalue weighted by Crippen LogP contribution is 2.57. The summed E-state index contributed by atoms with van der Waals surface area (Å²) in [6.07, 6.45) is 19.4. The number of allylic oxidation sites excluding steroid dienone is 3. The van der Waals surface area contributed by atoms with Crippen molar-refractivity contribution in [3.63, 3.8) is 0 Å². The zero-order chi connectivity index (χ0) is 16.4. The van der Waals surface area contributed by atoms with Gasteiger partial charge in [-0.3, -0.25) is 9.79 Å². The minimum absolute atomic E-state index is 0.0619. The van der Waals surface area contributed by atoms with Crippen LogP contribution in [0.5, 0.6) is 0 Å². The molecule has 1 amide bonds. The third kappa shape index (κ3) is 2.98. The van der Waals surface area contributed by atoms with Crippen molar-refractivity contribution in [1.29, 1.82) is 0 Å². The lowest BCUT2D eigenvalue weighted by atomic mass is 9.73. The van der Waals surface area contributed by atoms with E-state index in [1.165, 1.54) is 37.8 Å². The summed E-state index contributed by atoms with van der Waals surface area (Å²) < 4.78 is 0.0619. The lowest BCUT2D eigenvalue weighted by molar-refractivity contribution is -0.126. The Balaban J connectivity index is 1.45. The Morgan fingerprint density at radius 3 is 2.83 bits per heavy atom. The van der Waals surface area contributed by atoms with E-state index in [2.05, 4.69) is 28.5 Å². The highest BCUT2D eigenvalue weighted by Gasteiger charge is 2.54. The second-order valence-corrected chi connectivity index (χ2v) is 9.05. The van der Waals surface area contributed by atoms with Crippen molar-refractivity contribution in [2.75, 3.05) is 5.75 Å². The average Bonchev–Trinajstić information content (AvgIpc) is 2.95. The summed E-state index contributed by atoms with van der Waals surface area (Å²) in [5.41, 5.74) is 1.19. The van der Waals surface area contributed by atoms with Gasteiger partial charge in [0.25, 0.3) is 0 Å². The standard InChI is InChI=1S/C20H28N2OS/c23-19(22-15-8-4-2-1-3-5-9-15)16-14-24-20-12-7-6-10-18(20)21-13-11-17(16)20/h6-7,10,13,15-17H,1-5,8-9,11-12,14H2,(H,22,23). The van der Waals surface area contributed by atoms with Gasteiger partial charge in [0.15, 0.2) is 0 Å². The molecule has 0 radical (unpaired) electrons. The molecule has 0 aromatic carbocycles. The van der Waals surface area contributed by atoms with Gasteiger partial charge in [0.05, 0.1) is 16.4 Å². The second kappa shape index (κ2) is 7.07. The van der Waals surface area contributed by atoms with Crippen molar-refractivity contribution >= 4 is 23.9 Å². The van der Waals surface area contributed by atoms with Gasteiger partial charge >= 0.3 is 0 Å². The topological polar surface area (TPSA) is 41.5 Å². The molecule has 1 saturated carbocycles. The van der Waals surface area contributed by atoms with Gasteiger partial charge in [0, 0.05) is 18.0 Å². The summed E-state index contributed by atoms with van der Waals surface area (Å²) in [7, 11) is 0. The van der Waals surface area contributed by atoms with Gasteiger partial charge in [-0.15, -0.1) is 11.8 Å². The number of carbonyl (C=O) groups excluding carboxylic acids is 1. The lowest BCUT2D eigenvalue weighted by Crippen LogP contribution is -2.45. The summed E-state index contributed by atoms with van der Waals surface area (Å²) >= 11 is 1.97. The molecule has 24 heavy (non-hydrogen) atoms. The van der Waals surface area contributed by atoms with Crippen LogP contribution in [0.4, 0.5) is 0 Å². The monoisotopic (exact) mass is 344 g/mol. The molecular weight excluding hydrogens is 316 g/mol. The number of carbonyl (C=O) groups is 1. The Morgan fingerprint density at radius 1 is 1.21 bits per heavy atom. The molecule has 3 atom stereocenters. The molecule has 2 aliphatic heterocycles. The molecule has 4 heteroatoms.